The van der Waals surface area contributed by atoms with Crippen LogP contribution in [0.2, 0.25) is 0 Å². The minimum Gasteiger partial charge on any atom is -0.462 e. The van der Waals surface area contributed by atoms with E-state index >= 15 is 0 Å². The van der Waals surface area contributed by atoms with Gasteiger partial charge in [-0.15, -0.1) is 0 Å². The summed E-state index contributed by atoms with van der Waals surface area (Å²) >= 11 is 0. The first kappa shape index (κ1) is 10.5. The number of aliphatic hydroxyl groups is 2. The van der Waals surface area contributed by atoms with E-state index < -0.39 is 0 Å². The molecule has 0 amide bonds. The second-order valence-electron chi connectivity index (χ2n) is 0.762. The van der Waals surface area contributed by atoms with E-state index in [1.54, 1.807) is 6.11 Å². The molecule has 0 atom stereocenters. The molecule has 1 radical (unpaired) electrons. The summed E-state index contributed by atoms with van der Waals surface area (Å²) in [5.41, 5.74) is 0. The van der Waals surface area contributed by atoms with Crippen LogP contribution in [0.1, 0.15) is 6.42 Å². The summed E-state index contributed by atoms with van der Waals surface area (Å²) in [5, 5.41) is 15.7. The fraction of sp³-hybridized carbons (Fsp3) is 0.500. The number of aliphatic hydroxyl groups excluding tert-OH is 2. The molecule has 0 aromatic carbocycles. The summed E-state index contributed by atoms with van der Waals surface area (Å²) < 4.78 is 0. The zero-order chi connectivity index (χ0) is 4.83. The molecule has 7 heavy (non-hydrogen) atoms. The van der Waals surface area contributed by atoms with Gasteiger partial charge >= 0.3 is 0 Å². The summed E-state index contributed by atoms with van der Waals surface area (Å²) in [4.78, 5) is 0. The Labute approximate surface area is 70.5 Å². The quantitative estimate of drug-likeness (QED) is 0.601. The van der Waals surface area contributed by atoms with Gasteiger partial charge in [0.1, 0.15) is 6.11 Å². The van der Waals surface area contributed by atoms with Gasteiger partial charge in [-0.05, 0) is 0 Å². The van der Waals surface area contributed by atoms with Crippen molar-refractivity contribution in [1.82, 2.24) is 0 Å². The van der Waals surface area contributed by atoms with Crippen molar-refractivity contribution in [2.24, 2.45) is 0 Å². The third kappa shape index (κ3) is 10.7. The van der Waals surface area contributed by atoms with Crippen molar-refractivity contribution in [1.29, 1.82) is 0 Å². The predicted octanol–water partition coefficient (Wildman–Crippen LogP) is -0.298. The van der Waals surface area contributed by atoms with Gasteiger partial charge in [0.15, 0.2) is 0 Å². The molecule has 0 rings (SSSR count). The van der Waals surface area contributed by atoms with Gasteiger partial charge in [-0.25, -0.2) is 0 Å². The van der Waals surface area contributed by atoms with Crippen LogP contribution < -0.4 is 0 Å². The monoisotopic (exact) mass is 225 g/mol. The van der Waals surface area contributed by atoms with Gasteiger partial charge in [-0.1, -0.05) is 5.92 Å². The van der Waals surface area contributed by atoms with Gasteiger partial charge < -0.3 is 10.2 Å². The molecule has 0 fully saturated rings. The van der Waals surface area contributed by atoms with Crippen molar-refractivity contribution >= 4 is 0 Å². The maximum atomic E-state index is 7.98. The van der Waals surface area contributed by atoms with Crippen molar-refractivity contribution < 1.29 is 45.8 Å². The molecule has 3 heteroatoms. The van der Waals surface area contributed by atoms with Crippen LogP contribution in [0.15, 0.2) is 0 Å². The summed E-state index contributed by atoms with van der Waals surface area (Å²) in [6.45, 7) is 0.0214. The molecule has 0 aliphatic rings. The molecule has 0 aliphatic carbocycles. The standard InChI is InChI=1S/C4H6O2.La/c5-3-1-2-4-6;/h5-6H,1,3H2;. The molecule has 2 nitrogen and oxygen atoms in total. The van der Waals surface area contributed by atoms with Crippen molar-refractivity contribution in [3.05, 3.63) is 0 Å². The number of hydrogen-bond acceptors (Lipinski definition) is 2. The molecule has 0 aromatic rings. The minimum absolute atomic E-state index is 0. The topological polar surface area (TPSA) is 40.5 Å². The van der Waals surface area contributed by atoms with Crippen molar-refractivity contribution in [2.75, 3.05) is 6.61 Å². The van der Waals surface area contributed by atoms with Gasteiger partial charge in [0.25, 0.3) is 0 Å². The Kier molecular flexibility index (Phi) is 14.6. The minimum atomic E-state index is 0. The SMILES string of the molecule is OC#CCCO.[La]. The largest absolute Gasteiger partial charge is 0.462 e. The molecular formula is C4H6LaO2. The molecule has 0 unspecified atom stereocenters. The molecule has 0 spiro atoms. The Balaban J connectivity index is 0. The molecule has 0 aromatic heterocycles. The van der Waals surface area contributed by atoms with E-state index in [1.807, 2.05) is 0 Å². The smallest absolute Gasteiger partial charge is 0.107 e. The summed E-state index contributed by atoms with van der Waals surface area (Å²) in [6, 6.07) is 0. The van der Waals surface area contributed by atoms with E-state index in [1.165, 1.54) is 0 Å². The van der Waals surface area contributed by atoms with Crippen LogP contribution in [-0.4, -0.2) is 16.8 Å². The summed E-state index contributed by atoms with van der Waals surface area (Å²) in [5.74, 6) is 2.25. The molecule has 0 aliphatic heterocycles. The second-order valence-corrected chi connectivity index (χ2v) is 0.762. The van der Waals surface area contributed by atoms with Crippen molar-refractivity contribution in [3.63, 3.8) is 0 Å². The van der Waals surface area contributed by atoms with Crippen LogP contribution in [0.5, 0.6) is 0 Å². The molecule has 37 valence electrons. The predicted molar refractivity (Wildman–Crippen MR) is 21.4 cm³/mol. The van der Waals surface area contributed by atoms with E-state index in [0.717, 1.165) is 0 Å². The average molecular weight is 225 g/mol. The normalized spacial score (nSPS) is 5.29. The van der Waals surface area contributed by atoms with Crippen LogP contribution in [0.3, 0.4) is 0 Å². The Bertz CT molecular complexity index is 71.5. The molecule has 0 saturated carbocycles. The summed E-state index contributed by atoms with van der Waals surface area (Å²) in [7, 11) is 0. The van der Waals surface area contributed by atoms with Crippen LogP contribution >= 0.6 is 0 Å². The number of hydrogen-bond donors (Lipinski definition) is 2. The first-order valence-corrected chi connectivity index (χ1v) is 1.64. The first-order valence-electron chi connectivity index (χ1n) is 1.64. The van der Waals surface area contributed by atoms with E-state index in [9.17, 15) is 0 Å². The van der Waals surface area contributed by atoms with Crippen LogP contribution in [0, 0.1) is 47.6 Å². The third-order valence-corrected chi connectivity index (χ3v) is 0.316. The Morgan fingerprint density at radius 2 is 2.00 bits per heavy atom. The molecule has 2 N–H and O–H groups in total. The average Bonchev–Trinajstić information content (AvgIpc) is 1.61. The third-order valence-electron chi connectivity index (χ3n) is 0.316. The molecule has 0 bridgehead atoms. The molecule has 0 heterocycles. The maximum absolute atomic E-state index is 7.98. The number of rotatable bonds is 1. The Morgan fingerprint density at radius 3 is 2.14 bits per heavy atom. The molecule has 0 saturated heterocycles. The van der Waals surface area contributed by atoms with E-state index in [4.69, 9.17) is 10.2 Å². The van der Waals surface area contributed by atoms with E-state index in [-0.39, 0.29) is 42.2 Å². The molecular weight excluding hydrogens is 219 g/mol. The van der Waals surface area contributed by atoms with Crippen LogP contribution in [-0.2, 0) is 0 Å². The van der Waals surface area contributed by atoms with Crippen molar-refractivity contribution in [2.45, 2.75) is 6.42 Å². The van der Waals surface area contributed by atoms with Gasteiger partial charge in [-0.2, -0.15) is 0 Å². The van der Waals surface area contributed by atoms with Crippen molar-refractivity contribution in [3.8, 4) is 12.0 Å². The zero-order valence-corrected chi connectivity index (χ0v) is 7.51. The van der Waals surface area contributed by atoms with Gasteiger partial charge in [0.05, 0.1) is 6.61 Å². The van der Waals surface area contributed by atoms with E-state index in [0.29, 0.717) is 6.42 Å². The van der Waals surface area contributed by atoms with E-state index in [2.05, 4.69) is 5.92 Å². The fourth-order valence-corrected chi connectivity index (χ4v) is 0.112. The van der Waals surface area contributed by atoms with Gasteiger partial charge in [0, 0.05) is 42.0 Å². The summed E-state index contributed by atoms with van der Waals surface area (Å²) in [6.07, 6.45) is 2.02. The Morgan fingerprint density at radius 1 is 1.43 bits per heavy atom. The van der Waals surface area contributed by atoms with Gasteiger partial charge in [-0.3, -0.25) is 0 Å². The Hall–Kier alpha value is 0.515. The maximum Gasteiger partial charge on any atom is 0.107 e. The fourth-order valence-electron chi connectivity index (χ4n) is 0.112. The van der Waals surface area contributed by atoms with Crippen LogP contribution in [0.4, 0.5) is 0 Å². The van der Waals surface area contributed by atoms with Crippen LogP contribution in [0.25, 0.3) is 0 Å². The zero-order valence-electron chi connectivity index (χ0n) is 3.89. The first-order chi connectivity index (χ1) is 2.91. The van der Waals surface area contributed by atoms with Gasteiger partial charge in [0.2, 0.25) is 0 Å². The second kappa shape index (κ2) is 9.72.